The standard InChI is InChI=1S/C23H26O6/c1-5-6-7-8-17(25)19-15-12-14(13-9-10-16(24)18(11-13)29-4)22(2,20(19)26)21(27)23(15,3)28/h5-11,14-15,24-25,28H,12H2,1-4H3/b6-5+,8-7+,19-17-/t14-,15-,22+,23?/m0/s1. The number of Topliss-reactive ketones (excluding diaryl/α,β-unsaturated/α-hetero) is 2. The number of aromatic hydroxyl groups is 1. The number of aliphatic hydroxyl groups is 2. The molecule has 0 saturated heterocycles. The van der Waals surface area contributed by atoms with Crippen LogP contribution in [0.1, 0.15) is 38.7 Å². The number of rotatable bonds is 4. The highest BCUT2D eigenvalue weighted by molar-refractivity contribution is 6.21. The minimum absolute atomic E-state index is 0.0423. The number of carbonyl (C=O) groups excluding carboxylic acids is 2. The van der Waals surface area contributed by atoms with Gasteiger partial charge in [0.25, 0.3) is 0 Å². The van der Waals surface area contributed by atoms with Crippen LogP contribution in [-0.4, -0.2) is 39.6 Å². The lowest BCUT2D eigenvalue weighted by atomic mass is 9.46. The highest BCUT2D eigenvalue weighted by Gasteiger charge is 2.68. The topological polar surface area (TPSA) is 104 Å². The van der Waals surface area contributed by atoms with Gasteiger partial charge in [-0.25, -0.2) is 0 Å². The molecule has 4 rings (SSSR count). The molecule has 0 amide bonds. The van der Waals surface area contributed by atoms with Gasteiger partial charge in [-0.3, -0.25) is 9.59 Å². The molecule has 6 nitrogen and oxygen atoms in total. The Morgan fingerprint density at radius 1 is 1.21 bits per heavy atom. The van der Waals surface area contributed by atoms with Crippen LogP contribution in [0.5, 0.6) is 11.5 Å². The first-order valence-electron chi connectivity index (χ1n) is 9.52. The fraction of sp³-hybridized carbons (Fsp3) is 0.391. The molecule has 6 heteroatoms. The highest BCUT2D eigenvalue weighted by Crippen LogP contribution is 2.60. The minimum atomic E-state index is -1.77. The number of ether oxygens (including phenoxy) is 1. The van der Waals surface area contributed by atoms with E-state index < -0.39 is 34.4 Å². The molecular formula is C23H26O6. The largest absolute Gasteiger partial charge is 0.508 e. The van der Waals surface area contributed by atoms with Crippen molar-refractivity contribution in [2.24, 2.45) is 11.3 Å². The van der Waals surface area contributed by atoms with Crippen molar-refractivity contribution >= 4 is 11.6 Å². The summed E-state index contributed by atoms with van der Waals surface area (Å²) in [4.78, 5) is 26.6. The minimum Gasteiger partial charge on any atom is -0.508 e. The quantitative estimate of drug-likeness (QED) is 0.311. The fourth-order valence-electron chi connectivity index (χ4n) is 4.66. The van der Waals surface area contributed by atoms with Crippen LogP contribution < -0.4 is 4.74 Å². The van der Waals surface area contributed by atoms with Crippen molar-refractivity contribution in [3.63, 3.8) is 0 Å². The first-order valence-corrected chi connectivity index (χ1v) is 9.52. The van der Waals surface area contributed by atoms with E-state index in [1.54, 1.807) is 30.4 Å². The fourth-order valence-corrected chi connectivity index (χ4v) is 4.66. The van der Waals surface area contributed by atoms with E-state index in [2.05, 4.69) is 0 Å². The van der Waals surface area contributed by atoms with E-state index in [1.807, 2.05) is 6.92 Å². The summed E-state index contributed by atoms with van der Waals surface area (Å²) in [5.41, 5.74) is -2.57. The Morgan fingerprint density at radius 3 is 2.52 bits per heavy atom. The van der Waals surface area contributed by atoms with Gasteiger partial charge in [-0.05, 0) is 51.0 Å². The van der Waals surface area contributed by atoms with E-state index in [9.17, 15) is 24.9 Å². The number of hydrogen-bond donors (Lipinski definition) is 3. The summed E-state index contributed by atoms with van der Waals surface area (Å²) in [6, 6.07) is 4.72. The van der Waals surface area contributed by atoms with Gasteiger partial charge in [-0.15, -0.1) is 0 Å². The van der Waals surface area contributed by atoms with Crippen molar-refractivity contribution in [2.75, 3.05) is 7.11 Å². The monoisotopic (exact) mass is 398 g/mol. The number of methoxy groups -OCH3 is 1. The second-order valence-corrected chi connectivity index (χ2v) is 7.96. The van der Waals surface area contributed by atoms with Gasteiger partial charge in [0.15, 0.2) is 23.1 Å². The lowest BCUT2D eigenvalue weighted by molar-refractivity contribution is -0.170. The molecule has 3 aliphatic rings. The SMILES string of the molecule is C/C=C/C=C/C(O)=C1/C(=O)[C@]2(C)C(=O)C(C)(O)[C@H]1C[C@H]2c1ccc(O)c(OC)c1. The predicted octanol–water partition coefficient (Wildman–Crippen LogP) is 3.36. The van der Waals surface area contributed by atoms with Crippen LogP contribution in [-0.2, 0) is 9.59 Å². The van der Waals surface area contributed by atoms with Gasteiger partial charge >= 0.3 is 0 Å². The molecular weight excluding hydrogens is 372 g/mol. The molecule has 154 valence electrons. The van der Waals surface area contributed by atoms with Crippen molar-refractivity contribution < 1.29 is 29.6 Å². The third kappa shape index (κ3) is 2.99. The van der Waals surface area contributed by atoms with E-state index in [0.717, 1.165) is 0 Å². The summed E-state index contributed by atoms with van der Waals surface area (Å²) in [6.45, 7) is 4.75. The molecule has 0 aromatic heterocycles. The summed E-state index contributed by atoms with van der Waals surface area (Å²) in [5, 5.41) is 31.4. The van der Waals surface area contributed by atoms with E-state index >= 15 is 0 Å². The highest BCUT2D eigenvalue weighted by atomic mass is 16.5. The zero-order valence-electron chi connectivity index (χ0n) is 17.0. The summed E-state index contributed by atoms with van der Waals surface area (Å²) in [6.07, 6.45) is 6.78. The number of ketones is 2. The van der Waals surface area contributed by atoms with Crippen LogP contribution in [0, 0.1) is 11.3 Å². The Hall–Kier alpha value is -2.86. The first kappa shape index (κ1) is 20.9. The first-order chi connectivity index (χ1) is 13.6. The van der Waals surface area contributed by atoms with Gasteiger partial charge in [-0.1, -0.05) is 24.3 Å². The summed E-state index contributed by atoms with van der Waals surface area (Å²) >= 11 is 0. The number of phenolic OH excluding ortho intramolecular Hbond substituents is 1. The number of phenols is 1. The average Bonchev–Trinajstić information content (AvgIpc) is 2.68. The number of allylic oxidation sites excluding steroid dienone is 4. The maximum atomic E-state index is 13.4. The molecule has 3 fully saturated rings. The third-order valence-electron chi connectivity index (χ3n) is 6.28. The molecule has 3 saturated carbocycles. The number of aliphatic hydroxyl groups excluding tert-OH is 1. The van der Waals surface area contributed by atoms with Crippen molar-refractivity contribution in [2.45, 2.75) is 38.7 Å². The Bertz CT molecular complexity index is 952. The van der Waals surface area contributed by atoms with Gasteiger partial charge in [0.1, 0.15) is 11.4 Å². The summed E-state index contributed by atoms with van der Waals surface area (Å²) < 4.78 is 5.16. The van der Waals surface area contributed by atoms with E-state index in [-0.39, 0.29) is 22.8 Å². The molecule has 1 unspecified atom stereocenters. The zero-order valence-corrected chi connectivity index (χ0v) is 17.0. The Labute approximate surface area is 169 Å². The number of hydrogen-bond acceptors (Lipinski definition) is 6. The number of benzene rings is 1. The van der Waals surface area contributed by atoms with Gasteiger partial charge in [0.05, 0.1) is 12.5 Å². The Balaban J connectivity index is 2.16. The second kappa shape index (κ2) is 7.19. The molecule has 1 aromatic rings. The molecule has 0 radical (unpaired) electrons. The van der Waals surface area contributed by atoms with Gasteiger partial charge in [0.2, 0.25) is 0 Å². The van der Waals surface area contributed by atoms with E-state index in [0.29, 0.717) is 12.0 Å². The zero-order chi connectivity index (χ0) is 21.6. The summed E-state index contributed by atoms with van der Waals surface area (Å²) in [5.74, 6) is -2.44. The molecule has 2 bridgehead atoms. The number of fused-ring (bicyclic) bond motifs is 3. The van der Waals surface area contributed by atoms with Crippen LogP contribution in [0.25, 0.3) is 0 Å². The molecule has 29 heavy (non-hydrogen) atoms. The molecule has 0 heterocycles. The lowest BCUT2D eigenvalue weighted by Gasteiger charge is -2.55. The smallest absolute Gasteiger partial charge is 0.178 e. The van der Waals surface area contributed by atoms with Crippen LogP contribution in [0.4, 0.5) is 0 Å². The van der Waals surface area contributed by atoms with Crippen molar-refractivity contribution in [1.29, 1.82) is 0 Å². The number of carbonyl (C=O) groups is 2. The molecule has 4 atom stereocenters. The van der Waals surface area contributed by atoms with Crippen LogP contribution in [0.2, 0.25) is 0 Å². The van der Waals surface area contributed by atoms with Crippen LogP contribution in [0.15, 0.2) is 53.8 Å². The Morgan fingerprint density at radius 2 is 1.90 bits per heavy atom. The lowest BCUT2D eigenvalue weighted by Crippen LogP contribution is -2.66. The molecule has 3 aliphatic carbocycles. The normalized spacial score (nSPS) is 33.7. The van der Waals surface area contributed by atoms with Gasteiger partial charge in [-0.2, -0.15) is 0 Å². The molecule has 0 spiro atoms. The second-order valence-electron chi connectivity index (χ2n) is 7.96. The van der Waals surface area contributed by atoms with E-state index in [1.165, 1.54) is 33.1 Å². The maximum absolute atomic E-state index is 13.4. The van der Waals surface area contributed by atoms with Crippen molar-refractivity contribution in [1.82, 2.24) is 0 Å². The van der Waals surface area contributed by atoms with Crippen LogP contribution >= 0.6 is 0 Å². The van der Waals surface area contributed by atoms with Crippen molar-refractivity contribution in [3.8, 4) is 11.5 Å². The maximum Gasteiger partial charge on any atom is 0.178 e. The average molecular weight is 398 g/mol. The Kier molecular flexibility index (Phi) is 5.17. The summed E-state index contributed by atoms with van der Waals surface area (Å²) in [7, 11) is 1.42. The van der Waals surface area contributed by atoms with Gasteiger partial charge in [0, 0.05) is 17.4 Å². The molecule has 1 aromatic carbocycles. The third-order valence-corrected chi connectivity index (χ3v) is 6.28. The predicted molar refractivity (Wildman–Crippen MR) is 108 cm³/mol. The van der Waals surface area contributed by atoms with Crippen LogP contribution in [0.3, 0.4) is 0 Å². The molecule has 3 N–H and O–H groups in total. The molecule has 0 aliphatic heterocycles. The van der Waals surface area contributed by atoms with E-state index in [4.69, 9.17) is 4.74 Å². The van der Waals surface area contributed by atoms with Crippen molar-refractivity contribution in [3.05, 3.63) is 59.4 Å². The van der Waals surface area contributed by atoms with Gasteiger partial charge < -0.3 is 20.1 Å².